The molecule has 1 saturated heterocycles. The molecular formula is C22H34F3NSi. The monoisotopic (exact) mass is 397 g/mol. The lowest BCUT2D eigenvalue weighted by Gasteiger charge is -2.49. The minimum atomic E-state index is -4.25. The third-order valence-corrected chi connectivity index (χ3v) is 8.33. The molecule has 3 unspecified atom stereocenters. The van der Waals surface area contributed by atoms with Gasteiger partial charge in [-0.2, -0.15) is 13.2 Å². The van der Waals surface area contributed by atoms with E-state index in [0.29, 0.717) is 6.04 Å². The first-order valence-electron chi connectivity index (χ1n) is 10.6. The molecule has 27 heavy (non-hydrogen) atoms. The molecule has 0 radical (unpaired) electrons. The summed E-state index contributed by atoms with van der Waals surface area (Å²) in [6, 6.07) is 8.21. The summed E-state index contributed by atoms with van der Waals surface area (Å²) < 4.78 is 38.8. The van der Waals surface area contributed by atoms with Crippen LogP contribution >= 0.6 is 0 Å². The van der Waals surface area contributed by atoms with Gasteiger partial charge in [0.2, 0.25) is 0 Å². The average Bonchev–Trinajstić information content (AvgIpc) is 2.60. The van der Waals surface area contributed by atoms with Crippen LogP contribution in [0, 0.1) is 5.92 Å². The van der Waals surface area contributed by atoms with Crippen LogP contribution in [0.15, 0.2) is 24.3 Å². The van der Waals surface area contributed by atoms with Gasteiger partial charge in [0.15, 0.2) is 0 Å². The average molecular weight is 398 g/mol. The van der Waals surface area contributed by atoms with Crippen LogP contribution in [0.3, 0.4) is 0 Å². The van der Waals surface area contributed by atoms with E-state index in [9.17, 15) is 13.2 Å². The number of piperidine rings is 1. The highest BCUT2D eigenvalue weighted by atomic mass is 28.3. The van der Waals surface area contributed by atoms with E-state index in [-0.39, 0.29) is 6.04 Å². The van der Waals surface area contributed by atoms with Crippen molar-refractivity contribution in [3.63, 3.8) is 0 Å². The lowest BCUT2D eigenvalue weighted by atomic mass is 9.75. The first kappa shape index (κ1) is 20.9. The molecule has 1 aromatic carbocycles. The van der Waals surface area contributed by atoms with Gasteiger partial charge in [-0.1, -0.05) is 50.7 Å². The van der Waals surface area contributed by atoms with E-state index in [1.165, 1.54) is 56.7 Å². The maximum absolute atomic E-state index is 12.9. The van der Waals surface area contributed by atoms with Crippen LogP contribution in [0.1, 0.15) is 62.1 Å². The van der Waals surface area contributed by atoms with Crippen molar-refractivity contribution in [3.05, 3.63) is 35.4 Å². The molecule has 0 bridgehead atoms. The standard InChI is InChI=1S/C22H34F3NSi/c1-27(2,3)16-6-15-26-20-8-5-4-7-17(20)11-14-21(26)18-9-12-19(13-10-18)22(23,24)25/h9-10,12-13,17,20-21H,4-8,11,14-16H2,1-3H3. The summed E-state index contributed by atoms with van der Waals surface area (Å²) in [5.74, 6) is 0.788. The number of halogens is 3. The molecule has 0 amide bonds. The molecule has 5 heteroatoms. The van der Waals surface area contributed by atoms with Gasteiger partial charge in [-0.3, -0.25) is 4.90 Å². The van der Waals surface area contributed by atoms with Crippen LogP contribution in [0.2, 0.25) is 25.7 Å². The Kier molecular flexibility index (Phi) is 6.41. The van der Waals surface area contributed by atoms with E-state index < -0.39 is 19.8 Å². The third-order valence-electron chi connectivity index (χ3n) is 6.47. The van der Waals surface area contributed by atoms with Gasteiger partial charge in [-0.25, -0.2) is 0 Å². The minimum absolute atomic E-state index is 0.285. The van der Waals surface area contributed by atoms with E-state index in [2.05, 4.69) is 24.5 Å². The Labute approximate surface area is 163 Å². The Morgan fingerprint density at radius 1 is 0.963 bits per heavy atom. The summed E-state index contributed by atoms with van der Waals surface area (Å²) in [5, 5.41) is 0. The van der Waals surface area contributed by atoms with Crippen molar-refractivity contribution in [2.45, 2.75) is 88.9 Å². The molecule has 152 valence electrons. The summed E-state index contributed by atoms with van der Waals surface area (Å²) in [6.45, 7) is 8.34. The molecule has 2 aliphatic rings. The van der Waals surface area contributed by atoms with Gasteiger partial charge < -0.3 is 0 Å². The molecular weight excluding hydrogens is 363 g/mol. The highest BCUT2D eigenvalue weighted by Gasteiger charge is 2.39. The minimum Gasteiger partial charge on any atom is -0.293 e. The van der Waals surface area contributed by atoms with Gasteiger partial charge in [-0.15, -0.1) is 0 Å². The molecule has 1 aromatic rings. The van der Waals surface area contributed by atoms with Crippen LogP contribution in [0.25, 0.3) is 0 Å². The topological polar surface area (TPSA) is 3.24 Å². The second kappa shape index (κ2) is 8.28. The molecule has 2 fully saturated rings. The van der Waals surface area contributed by atoms with Crippen molar-refractivity contribution in [1.82, 2.24) is 4.90 Å². The summed E-state index contributed by atoms with van der Waals surface area (Å²) >= 11 is 0. The van der Waals surface area contributed by atoms with Gasteiger partial charge >= 0.3 is 6.18 Å². The molecule has 1 nitrogen and oxygen atoms in total. The van der Waals surface area contributed by atoms with Crippen LogP contribution < -0.4 is 0 Å². The molecule has 0 N–H and O–H groups in total. The van der Waals surface area contributed by atoms with Crippen LogP contribution in [-0.4, -0.2) is 25.6 Å². The van der Waals surface area contributed by atoms with E-state index in [1.54, 1.807) is 12.1 Å². The Morgan fingerprint density at radius 2 is 1.63 bits per heavy atom. The van der Waals surface area contributed by atoms with E-state index in [4.69, 9.17) is 0 Å². The fraction of sp³-hybridized carbons (Fsp3) is 0.727. The number of benzene rings is 1. The lowest BCUT2D eigenvalue weighted by Crippen LogP contribution is -2.48. The van der Waals surface area contributed by atoms with Crippen molar-refractivity contribution in [2.24, 2.45) is 5.92 Å². The highest BCUT2D eigenvalue weighted by molar-refractivity contribution is 6.76. The van der Waals surface area contributed by atoms with Crippen LogP contribution in [-0.2, 0) is 6.18 Å². The maximum atomic E-state index is 12.9. The second-order valence-electron chi connectivity index (χ2n) is 9.73. The molecule has 1 heterocycles. The van der Waals surface area contributed by atoms with Crippen molar-refractivity contribution in [2.75, 3.05) is 6.54 Å². The Bertz CT molecular complexity index is 605. The van der Waals surface area contributed by atoms with Crippen molar-refractivity contribution in [1.29, 1.82) is 0 Å². The number of rotatable bonds is 5. The van der Waals surface area contributed by atoms with E-state index in [0.717, 1.165) is 24.4 Å². The van der Waals surface area contributed by atoms with Crippen molar-refractivity contribution < 1.29 is 13.2 Å². The highest BCUT2D eigenvalue weighted by Crippen LogP contribution is 2.44. The van der Waals surface area contributed by atoms with Gasteiger partial charge in [0, 0.05) is 20.2 Å². The Morgan fingerprint density at radius 3 is 2.26 bits per heavy atom. The summed E-state index contributed by atoms with van der Waals surface area (Å²) in [5.41, 5.74) is 0.530. The zero-order chi connectivity index (χ0) is 19.7. The van der Waals surface area contributed by atoms with Gasteiger partial charge in [0.05, 0.1) is 5.56 Å². The first-order chi connectivity index (χ1) is 12.6. The van der Waals surface area contributed by atoms with Crippen LogP contribution in [0.4, 0.5) is 13.2 Å². The molecule has 1 aliphatic carbocycles. The van der Waals surface area contributed by atoms with Crippen molar-refractivity contribution >= 4 is 8.07 Å². The smallest absolute Gasteiger partial charge is 0.293 e. The largest absolute Gasteiger partial charge is 0.416 e. The first-order valence-corrected chi connectivity index (χ1v) is 14.3. The molecule has 1 saturated carbocycles. The molecule has 0 spiro atoms. The van der Waals surface area contributed by atoms with Gasteiger partial charge in [-0.05, 0) is 62.3 Å². The summed E-state index contributed by atoms with van der Waals surface area (Å²) in [6.07, 6.45) is 4.50. The number of fused-ring (bicyclic) bond motifs is 1. The zero-order valence-corrected chi connectivity index (χ0v) is 18.0. The van der Waals surface area contributed by atoms with Gasteiger partial charge in [0.25, 0.3) is 0 Å². The second-order valence-corrected chi connectivity index (χ2v) is 15.3. The molecule has 1 aliphatic heterocycles. The number of hydrogen-bond donors (Lipinski definition) is 0. The quantitative estimate of drug-likeness (QED) is 0.478. The molecule has 3 rings (SSSR count). The normalized spacial score (nSPS) is 27.4. The Balaban J connectivity index is 1.78. The van der Waals surface area contributed by atoms with E-state index >= 15 is 0 Å². The predicted molar refractivity (Wildman–Crippen MR) is 109 cm³/mol. The lowest BCUT2D eigenvalue weighted by molar-refractivity contribution is -0.137. The Hall–Kier alpha value is -0.813. The number of nitrogens with zero attached hydrogens (tertiary/aromatic N) is 1. The maximum Gasteiger partial charge on any atom is 0.416 e. The third kappa shape index (κ3) is 5.38. The fourth-order valence-corrected chi connectivity index (χ4v) is 6.32. The van der Waals surface area contributed by atoms with Crippen LogP contribution in [0.5, 0.6) is 0 Å². The number of hydrogen-bond acceptors (Lipinski definition) is 1. The summed E-state index contributed by atoms with van der Waals surface area (Å²) in [7, 11) is -1.07. The molecule has 3 atom stereocenters. The number of alkyl halides is 3. The van der Waals surface area contributed by atoms with Crippen molar-refractivity contribution in [3.8, 4) is 0 Å². The SMILES string of the molecule is C[Si](C)(C)CCCN1C(c2ccc(C(F)(F)F)cc2)CCC2CCCCC21. The zero-order valence-electron chi connectivity index (χ0n) is 17.0. The van der Waals surface area contributed by atoms with Gasteiger partial charge in [0.1, 0.15) is 0 Å². The van der Waals surface area contributed by atoms with E-state index in [1.807, 2.05) is 0 Å². The number of likely N-dealkylation sites (tertiary alicyclic amines) is 1. The fourth-order valence-electron chi connectivity index (χ4n) is 5.10. The predicted octanol–water partition coefficient (Wildman–Crippen LogP) is 7.13. The molecule has 0 aromatic heterocycles. The summed E-state index contributed by atoms with van der Waals surface area (Å²) in [4.78, 5) is 2.68.